The lowest BCUT2D eigenvalue weighted by atomic mass is 9.82. The molecular weight excluding hydrogens is 254 g/mol. The number of hydrogen-bond acceptors (Lipinski definition) is 4. The topological polar surface area (TPSA) is 67.2 Å². The molecule has 1 fully saturated rings. The van der Waals surface area contributed by atoms with Gasteiger partial charge < -0.3 is 10.4 Å². The van der Waals surface area contributed by atoms with E-state index in [2.05, 4.69) is 10.4 Å². The highest BCUT2D eigenvalue weighted by atomic mass is 35.5. The zero-order valence-electron chi connectivity index (χ0n) is 10.6. The first-order valence-corrected chi connectivity index (χ1v) is 6.56. The van der Waals surface area contributed by atoms with Crippen LogP contribution < -0.4 is 10.9 Å². The van der Waals surface area contributed by atoms with E-state index >= 15 is 0 Å². The van der Waals surface area contributed by atoms with Crippen LogP contribution in [0.3, 0.4) is 0 Å². The monoisotopic (exact) mass is 271 g/mol. The van der Waals surface area contributed by atoms with Gasteiger partial charge in [-0.3, -0.25) is 4.79 Å². The Morgan fingerprint density at radius 3 is 2.83 bits per heavy atom. The van der Waals surface area contributed by atoms with Crippen molar-refractivity contribution in [3.8, 4) is 0 Å². The van der Waals surface area contributed by atoms with E-state index in [1.54, 1.807) is 6.20 Å². The standard InChI is InChI=1S/C12H18ClN3O2/c1-7(2)16-12(18)11(13)10(6-15-16)14-5-8-3-9(17)4-8/h6-9,14,17H,3-5H2,1-2H3. The summed E-state index contributed by atoms with van der Waals surface area (Å²) in [5.74, 6) is 0.448. The van der Waals surface area contributed by atoms with Crippen LogP contribution in [0.1, 0.15) is 32.7 Å². The lowest BCUT2D eigenvalue weighted by Gasteiger charge is -2.31. The summed E-state index contributed by atoms with van der Waals surface area (Å²) < 4.78 is 1.36. The lowest BCUT2D eigenvalue weighted by molar-refractivity contribution is 0.0487. The van der Waals surface area contributed by atoms with Crippen molar-refractivity contribution in [3.63, 3.8) is 0 Å². The molecule has 1 aromatic rings. The molecule has 1 aliphatic rings. The third-order valence-electron chi connectivity index (χ3n) is 3.22. The SMILES string of the molecule is CC(C)n1ncc(NCC2CC(O)C2)c(Cl)c1=O. The normalized spacial score (nSPS) is 22.9. The van der Waals surface area contributed by atoms with Gasteiger partial charge in [0, 0.05) is 6.54 Å². The van der Waals surface area contributed by atoms with Gasteiger partial charge in [0.1, 0.15) is 5.02 Å². The summed E-state index contributed by atoms with van der Waals surface area (Å²) in [5.41, 5.74) is 0.297. The van der Waals surface area contributed by atoms with E-state index in [9.17, 15) is 9.90 Å². The summed E-state index contributed by atoms with van der Waals surface area (Å²) in [7, 11) is 0. The minimum absolute atomic E-state index is 0.00849. The number of anilines is 1. The predicted molar refractivity (Wildman–Crippen MR) is 71.1 cm³/mol. The van der Waals surface area contributed by atoms with Crippen molar-refractivity contribution >= 4 is 17.3 Å². The highest BCUT2D eigenvalue weighted by Gasteiger charge is 2.27. The van der Waals surface area contributed by atoms with E-state index in [1.165, 1.54) is 4.68 Å². The Balaban J connectivity index is 2.05. The average Bonchev–Trinajstić information content (AvgIpc) is 2.27. The minimum atomic E-state index is -0.273. The molecule has 1 heterocycles. The molecule has 100 valence electrons. The largest absolute Gasteiger partial charge is 0.393 e. The molecule has 18 heavy (non-hydrogen) atoms. The van der Waals surface area contributed by atoms with Crippen LogP contribution in [0.25, 0.3) is 0 Å². The van der Waals surface area contributed by atoms with Crippen molar-refractivity contribution in [2.75, 3.05) is 11.9 Å². The molecule has 2 rings (SSSR count). The minimum Gasteiger partial charge on any atom is -0.393 e. The predicted octanol–water partition coefficient (Wildman–Crippen LogP) is 1.66. The van der Waals surface area contributed by atoms with Crippen LogP contribution >= 0.6 is 11.6 Å². The van der Waals surface area contributed by atoms with Crippen molar-refractivity contribution in [1.29, 1.82) is 0 Å². The van der Waals surface area contributed by atoms with Gasteiger partial charge in [-0.2, -0.15) is 5.10 Å². The fraction of sp³-hybridized carbons (Fsp3) is 0.667. The number of nitrogens with one attached hydrogen (secondary N) is 1. The van der Waals surface area contributed by atoms with Gasteiger partial charge in [0.2, 0.25) is 0 Å². The smallest absolute Gasteiger partial charge is 0.287 e. The molecule has 0 aliphatic heterocycles. The fourth-order valence-corrected chi connectivity index (χ4v) is 2.26. The summed E-state index contributed by atoms with van der Waals surface area (Å²) >= 11 is 6.03. The van der Waals surface area contributed by atoms with Gasteiger partial charge in [-0.1, -0.05) is 11.6 Å². The molecule has 0 bridgehead atoms. The Bertz CT molecular complexity index is 481. The van der Waals surface area contributed by atoms with E-state index in [0.29, 0.717) is 18.2 Å². The first-order chi connectivity index (χ1) is 8.49. The van der Waals surface area contributed by atoms with Crippen molar-refractivity contribution < 1.29 is 5.11 Å². The van der Waals surface area contributed by atoms with Crippen molar-refractivity contribution in [2.45, 2.75) is 38.8 Å². The molecule has 0 aromatic carbocycles. The Kier molecular flexibility index (Phi) is 3.92. The van der Waals surface area contributed by atoms with Crippen molar-refractivity contribution in [2.24, 2.45) is 5.92 Å². The van der Waals surface area contributed by atoms with Gasteiger partial charge in [-0.05, 0) is 32.6 Å². The Morgan fingerprint density at radius 2 is 2.28 bits per heavy atom. The van der Waals surface area contributed by atoms with Gasteiger partial charge in [-0.25, -0.2) is 4.68 Å². The maximum absolute atomic E-state index is 11.9. The molecule has 2 N–H and O–H groups in total. The van der Waals surface area contributed by atoms with Crippen LogP contribution in [0, 0.1) is 5.92 Å². The third-order valence-corrected chi connectivity index (χ3v) is 3.59. The van der Waals surface area contributed by atoms with Gasteiger partial charge in [0.15, 0.2) is 0 Å². The van der Waals surface area contributed by atoms with E-state index < -0.39 is 0 Å². The van der Waals surface area contributed by atoms with E-state index in [4.69, 9.17) is 11.6 Å². The van der Waals surface area contributed by atoms with Crippen LogP contribution in [0.15, 0.2) is 11.0 Å². The third kappa shape index (κ3) is 2.67. The maximum atomic E-state index is 11.9. The van der Waals surface area contributed by atoms with Crippen LogP contribution in [-0.2, 0) is 0 Å². The van der Waals surface area contributed by atoms with Crippen LogP contribution in [0.5, 0.6) is 0 Å². The second-order valence-electron chi connectivity index (χ2n) is 5.09. The summed E-state index contributed by atoms with van der Waals surface area (Å²) in [6.45, 7) is 4.48. The Morgan fingerprint density at radius 1 is 1.61 bits per heavy atom. The number of aliphatic hydroxyl groups excluding tert-OH is 1. The molecule has 1 saturated carbocycles. The first kappa shape index (κ1) is 13.4. The molecule has 0 saturated heterocycles. The number of aromatic nitrogens is 2. The van der Waals surface area contributed by atoms with E-state index in [0.717, 1.165) is 12.8 Å². The lowest BCUT2D eigenvalue weighted by Crippen LogP contribution is -2.33. The fourth-order valence-electron chi connectivity index (χ4n) is 2.06. The van der Waals surface area contributed by atoms with E-state index in [-0.39, 0.29) is 22.7 Å². The molecule has 0 atom stereocenters. The summed E-state index contributed by atoms with van der Waals surface area (Å²) in [6, 6.07) is -0.00849. The van der Waals surface area contributed by atoms with Gasteiger partial charge in [0.25, 0.3) is 5.56 Å². The second kappa shape index (κ2) is 5.28. The van der Waals surface area contributed by atoms with Gasteiger partial charge in [-0.15, -0.1) is 0 Å². The van der Waals surface area contributed by atoms with Crippen LogP contribution in [-0.4, -0.2) is 27.5 Å². The molecule has 0 unspecified atom stereocenters. The zero-order chi connectivity index (χ0) is 13.3. The second-order valence-corrected chi connectivity index (χ2v) is 5.47. The summed E-state index contributed by atoms with van der Waals surface area (Å²) in [5, 5.41) is 16.6. The highest BCUT2D eigenvalue weighted by molar-refractivity contribution is 6.32. The number of nitrogens with zero attached hydrogens (tertiary/aromatic N) is 2. The molecule has 0 spiro atoms. The van der Waals surface area contributed by atoms with Gasteiger partial charge >= 0.3 is 0 Å². The zero-order valence-corrected chi connectivity index (χ0v) is 11.3. The van der Waals surface area contributed by atoms with Crippen molar-refractivity contribution in [3.05, 3.63) is 21.6 Å². The number of rotatable bonds is 4. The Labute approximate surface area is 111 Å². The Hall–Kier alpha value is -1.07. The molecule has 1 aromatic heterocycles. The molecule has 1 aliphatic carbocycles. The molecule has 0 amide bonds. The van der Waals surface area contributed by atoms with Gasteiger partial charge in [0.05, 0.1) is 24.0 Å². The summed E-state index contributed by atoms with van der Waals surface area (Å²) in [4.78, 5) is 11.9. The highest BCUT2D eigenvalue weighted by Crippen LogP contribution is 2.28. The quantitative estimate of drug-likeness (QED) is 0.874. The number of halogens is 1. The number of aliphatic hydroxyl groups is 1. The molecule has 0 radical (unpaired) electrons. The molecule has 5 nitrogen and oxygen atoms in total. The number of hydrogen-bond donors (Lipinski definition) is 2. The van der Waals surface area contributed by atoms with Crippen LogP contribution in [0.2, 0.25) is 5.02 Å². The molecular formula is C12H18ClN3O2. The average molecular weight is 272 g/mol. The van der Waals surface area contributed by atoms with Crippen molar-refractivity contribution in [1.82, 2.24) is 9.78 Å². The first-order valence-electron chi connectivity index (χ1n) is 6.18. The van der Waals surface area contributed by atoms with Crippen LogP contribution in [0.4, 0.5) is 5.69 Å². The van der Waals surface area contributed by atoms with E-state index in [1.807, 2.05) is 13.8 Å². The summed E-state index contributed by atoms with van der Waals surface area (Å²) in [6.07, 6.45) is 3.03. The maximum Gasteiger partial charge on any atom is 0.287 e. The molecule has 6 heteroatoms.